The van der Waals surface area contributed by atoms with E-state index in [0.717, 1.165) is 10.5 Å². The molecule has 0 bridgehead atoms. The molecule has 1 aliphatic heterocycles. The van der Waals surface area contributed by atoms with Gasteiger partial charge < -0.3 is 0 Å². The molecule has 0 spiro atoms. The molecule has 134 valence electrons. The molecule has 2 amide bonds. The van der Waals surface area contributed by atoms with E-state index in [9.17, 15) is 18.0 Å². The minimum absolute atomic E-state index is 0.0196. The minimum atomic E-state index is -3.89. The van der Waals surface area contributed by atoms with E-state index in [4.69, 9.17) is 0 Å². The fraction of sp³-hybridized carbons (Fsp3) is 0.368. The number of sulfone groups is 1. The fourth-order valence-corrected chi connectivity index (χ4v) is 5.03. The smallest absolute Gasteiger partial charge is 0.248 e. The van der Waals surface area contributed by atoms with Crippen LogP contribution in [0.25, 0.3) is 0 Å². The fourth-order valence-electron chi connectivity index (χ4n) is 3.09. The van der Waals surface area contributed by atoms with Crippen molar-refractivity contribution in [3.05, 3.63) is 55.1 Å². The van der Waals surface area contributed by atoms with Gasteiger partial charge in [0.15, 0.2) is 9.84 Å². The molecule has 1 fully saturated rings. The van der Waals surface area contributed by atoms with Gasteiger partial charge in [-0.2, -0.15) is 0 Å². The first-order valence-corrected chi connectivity index (χ1v) is 9.74. The Morgan fingerprint density at radius 1 is 1.16 bits per heavy atom. The van der Waals surface area contributed by atoms with Gasteiger partial charge in [-0.15, -0.1) is 13.2 Å². The number of imide groups is 1. The molecule has 0 N–H and O–H groups in total. The number of benzene rings is 1. The number of aryl methyl sites for hydroxylation is 1. The molecule has 1 heterocycles. The Labute approximate surface area is 148 Å². The van der Waals surface area contributed by atoms with Crippen LogP contribution in [-0.4, -0.2) is 36.9 Å². The lowest BCUT2D eigenvalue weighted by Crippen LogP contribution is -2.54. The number of carbonyl (C=O) groups is 2. The van der Waals surface area contributed by atoms with Gasteiger partial charge in [-0.3, -0.25) is 14.5 Å². The van der Waals surface area contributed by atoms with Crippen molar-refractivity contribution in [2.45, 2.75) is 36.3 Å². The Hall–Kier alpha value is -2.21. The number of hydrogen-bond donors (Lipinski definition) is 0. The van der Waals surface area contributed by atoms with Gasteiger partial charge in [0.1, 0.15) is 5.25 Å². The van der Waals surface area contributed by atoms with Gasteiger partial charge in [0, 0.05) is 13.0 Å². The number of piperidine rings is 1. The standard InChI is InChI=1S/C19H23NO4S/c1-4-6-7-15-13-17(21)20(12-5-2)19(22)18(15)25(23,24)16-10-8-14(3)9-11-16/h4-5,8-11,15,18H,1-2,6-7,12-13H2,3H3/t15-,18+/m1/s1. The van der Waals surface area contributed by atoms with E-state index >= 15 is 0 Å². The van der Waals surface area contributed by atoms with Gasteiger partial charge in [-0.25, -0.2) is 8.42 Å². The van der Waals surface area contributed by atoms with Crippen LogP contribution in [0.2, 0.25) is 0 Å². The molecule has 1 saturated heterocycles. The van der Waals surface area contributed by atoms with Crippen LogP contribution in [0.15, 0.2) is 54.5 Å². The Kier molecular flexibility index (Phi) is 5.95. The molecule has 0 unspecified atom stereocenters. The number of allylic oxidation sites excluding steroid dienone is 1. The molecule has 25 heavy (non-hydrogen) atoms. The first-order valence-electron chi connectivity index (χ1n) is 8.19. The summed E-state index contributed by atoms with van der Waals surface area (Å²) < 4.78 is 26.3. The average Bonchev–Trinajstić information content (AvgIpc) is 2.56. The van der Waals surface area contributed by atoms with E-state index in [1.807, 2.05) is 6.92 Å². The Morgan fingerprint density at radius 2 is 1.80 bits per heavy atom. The molecule has 0 radical (unpaired) electrons. The van der Waals surface area contributed by atoms with Crippen LogP contribution in [-0.2, 0) is 19.4 Å². The summed E-state index contributed by atoms with van der Waals surface area (Å²) in [5.74, 6) is -1.56. The summed E-state index contributed by atoms with van der Waals surface area (Å²) in [6.07, 6.45) is 4.10. The summed E-state index contributed by atoms with van der Waals surface area (Å²) in [4.78, 5) is 26.2. The van der Waals surface area contributed by atoms with Crippen molar-refractivity contribution in [1.82, 2.24) is 4.90 Å². The van der Waals surface area contributed by atoms with E-state index in [-0.39, 0.29) is 23.8 Å². The Morgan fingerprint density at radius 3 is 2.36 bits per heavy atom. The molecule has 1 aromatic carbocycles. The summed E-state index contributed by atoms with van der Waals surface area (Å²) in [5.41, 5.74) is 0.931. The zero-order valence-corrected chi connectivity index (χ0v) is 15.2. The van der Waals surface area contributed by atoms with Gasteiger partial charge in [-0.05, 0) is 37.8 Å². The van der Waals surface area contributed by atoms with Crippen LogP contribution in [0.4, 0.5) is 0 Å². The summed E-state index contributed by atoms with van der Waals surface area (Å²) in [5, 5.41) is -1.26. The summed E-state index contributed by atoms with van der Waals surface area (Å²) in [6.45, 7) is 9.06. The third-order valence-electron chi connectivity index (χ3n) is 4.41. The zero-order chi connectivity index (χ0) is 18.6. The van der Waals surface area contributed by atoms with E-state index in [2.05, 4.69) is 13.2 Å². The number of nitrogens with zero attached hydrogens (tertiary/aromatic N) is 1. The molecule has 1 aliphatic rings. The quantitative estimate of drug-likeness (QED) is 0.553. The van der Waals surface area contributed by atoms with Gasteiger partial charge in [0.25, 0.3) is 0 Å². The van der Waals surface area contributed by atoms with Crippen LogP contribution in [0.5, 0.6) is 0 Å². The predicted octanol–water partition coefficient (Wildman–Crippen LogP) is 2.66. The highest BCUT2D eigenvalue weighted by atomic mass is 32.2. The lowest BCUT2D eigenvalue weighted by Gasteiger charge is -2.35. The minimum Gasteiger partial charge on any atom is -0.278 e. The lowest BCUT2D eigenvalue weighted by molar-refractivity contribution is -0.148. The maximum Gasteiger partial charge on any atom is 0.248 e. The molecule has 0 aliphatic carbocycles. The number of likely N-dealkylation sites (tertiary alicyclic amines) is 1. The monoisotopic (exact) mass is 361 g/mol. The highest BCUT2D eigenvalue weighted by Crippen LogP contribution is 2.33. The van der Waals surface area contributed by atoms with Crippen LogP contribution in [0.1, 0.15) is 24.8 Å². The van der Waals surface area contributed by atoms with Crippen molar-refractivity contribution >= 4 is 21.7 Å². The number of rotatable bonds is 7. The topological polar surface area (TPSA) is 71.5 Å². The summed E-state index contributed by atoms with van der Waals surface area (Å²) >= 11 is 0. The Bertz CT molecular complexity index is 780. The van der Waals surface area contributed by atoms with Crippen LogP contribution < -0.4 is 0 Å². The molecule has 6 heteroatoms. The van der Waals surface area contributed by atoms with Crippen molar-refractivity contribution in [1.29, 1.82) is 0 Å². The molecular formula is C19H23NO4S. The molecule has 2 atom stereocenters. The third kappa shape index (κ3) is 3.90. The van der Waals surface area contributed by atoms with E-state index in [0.29, 0.717) is 12.8 Å². The molecular weight excluding hydrogens is 338 g/mol. The molecule has 0 aromatic heterocycles. The SMILES string of the molecule is C=CCC[C@@H]1CC(=O)N(CC=C)C(=O)[C@H]1S(=O)(=O)c1ccc(C)cc1. The second kappa shape index (κ2) is 7.78. The first kappa shape index (κ1) is 19.1. The van der Waals surface area contributed by atoms with Crippen LogP contribution in [0, 0.1) is 12.8 Å². The van der Waals surface area contributed by atoms with Gasteiger partial charge in [0.2, 0.25) is 11.8 Å². The van der Waals surface area contributed by atoms with Gasteiger partial charge in [-0.1, -0.05) is 29.8 Å². The van der Waals surface area contributed by atoms with E-state index in [1.165, 1.54) is 18.2 Å². The van der Waals surface area contributed by atoms with Crippen LogP contribution >= 0.6 is 0 Å². The van der Waals surface area contributed by atoms with E-state index in [1.54, 1.807) is 18.2 Å². The number of hydrogen-bond acceptors (Lipinski definition) is 4. The first-order chi connectivity index (χ1) is 11.8. The van der Waals surface area contributed by atoms with Gasteiger partial charge >= 0.3 is 0 Å². The molecule has 5 nitrogen and oxygen atoms in total. The lowest BCUT2D eigenvalue weighted by atomic mass is 9.90. The van der Waals surface area contributed by atoms with Crippen LogP contribution in [0.3, 0.4) is 0 Å². The zero-order valence-electron chi connectivity index (χ0n) is 14.3. The van der Waals surface area contributed by atoms with Crippen molar-refractivity contribution in [3.8, 4) is 0 Å². The average molecular weight is 361 g/mol. The summed E-state index contributed by atoms with van der Waals surface area (Å²) in [6, 6.07) is 6.42. The van der Waals surface area contributed by atoms with Crippen molar-refractivity contribution in [2.75, 3.05) is 6.54 Å². The maximum atomic E-state index is 13.1. The highest BCUT2D eigenvalue weighted by Gasteiger charge is 2.48. The Balaban J connectivity index is 2.47. The molecule has 2 rings (SSSR count). The largest absolute Gasteiger partial charge is 0.278 e. The number of carbonyl (C=O) groups excluding carboxylic acids is 2. The highest BCUT2D eigenvalue weighted by molar-refractivity contribution is 7.92. The molecule has 1 aromatic rings. The molecule has 0 saturated carbocycles. The van der Waals surface area contributed by atoms with Crippen molar-refractivity contribution in [3.63, 3.8) is 0 Å². The normalized spacial score (nSPS) is 21.2. The van der Waals surface area contributed by atoms with Crippen molar-refractivity contribution in [2.24, 2.45) is 5.92 Å². The van der Waals surface area contributed by atoms with Crippen molar-refractivity contribution < 1.29 is 18.0 Å². The second-order valence-corrected chi connectivity index (χ2v) is 8.31. The second-order valence-electron chi connectivity index (χ2n) is 6.24. The summed E-state index contributed by atoms with van der Waals surface area (Å²) in [7, 11) is -3.89. The van der Waals surface area contributed by atoms with Gasteiger partial charge in [0.05, 0.1) is 4.90 Å². The predicted molar refractivity (Wildman–Crippen MR) is 96.6 cm³/mol. The van der Waals surface area contributed by atoms with E-state index < -0.39 is 26.9 Å². The number of amides is 2. The maximum absolute atomic E-state index is 13.1. The third-order valence-corrected chi connectivity index (χ3v) is 6.60.